The molecule has 0 bridgehead atoms. The Morgan fingerprint density at radius 3 is 1.28 bits per heavy atom. The molecule has 18 heavy (non-hydrogen) atoms. The number of hydrogen-bond donors (Lipinski definition) is 8. The predicted octanol–water partition coefficient (Wildman–Crippen LogP) is -1.80. The molecule has 0 aliphatic heterocycles. The number of guanidine groups is 2. The average molecular weight is 285 g/mol. The van der Waals surface area contributed by atoms with Crippen molar-refractivity contribution >= 4 is 36.3 Å². The normalized spacial score (nSPS) is 6.89. The number of aliphatic carboxylic acids is 2. The molecule has 10 nitrogen and oxygen atoms in total. The quantitative estimate of drug-likeness (QED) is 0.167. The summed E-state index contributed by atoms with van der Waals surface area (Å²) in [5, 5.41) is 28.2. The average Bonchev–Trinajstić information content (AvgIpc) is 1.99. The van der Waals surface area contributed by atoms with Crippen LogP contribution in [0.4, 0.5) is 0 Å². The lowest BCUT2D eigenvalue weighted by Gasteiger charge is -1.91. The maximum atomic E-state index is 9.87. The molecule has 0 unspecified atom stereocenters. The summed E-state index contributed by atoms with van der Waals surface area (Å²) in [5.74, 6) is -3.11. The first-order valence-electron chi connectivity index (χ1n) is 3.82. The lowest BCUT2D eigenvalue weighted by atomic mass is 10.2. The zero-order valence-electron chi connectivity index (χ0n) is 9.34. The summed E-state index contributed by atoms with van der Waals surface area (Å²) in [5.41, 5.74) is 17.6. The van der Waals surface area contributed by atoms with Crippen LogP contribution in [0, 0.1) is 10.8 Å². The maximum absolute atomic E-state index is 9.87. The zero-order valence-corrected chi connectivity index (χ0v) is 10.2. The van der Waals surface area contributed by atoms with E-state index in [0.717, 1.165) is 0 Å². The van der Waals surface area contributed by atoms with Crippen LogP contribution in [0.2, 0.25) is 0 Å². The van der Waals surface area contributed by atoms with Gasteiger partial charge in [0, 0.05) is 5.57 Å². The zero-order chi connectivity index (χ0) is 14.6. The highest BCUT2D eigenvalue weighted by molar-refractivity contribution is 5.91. The topological polar surface area (TPSA) is 226 Å². The number of rotatable bonds is 3. The van der Waals surface area contributed by atoms with Crippen molar-refractivity contribution in [3.05, 3.63) is 12.2 Å². The summed E-state index contributed by atoms with van der Waals surface area (Å²) < 4.78 is 0. The van der Waals surface area contributed by atoms with Crippen LogP contribution in [0.15, 0.2) is 12.2 Å². The molecule has 0 saturated heterocycles. The van der Waals surface area contributed by atoms with E-state index in [1.54, 1.807) is 0 Å². The molecule has 106 valence electrons. The largest absolute Gasteiger partial charge is 0.481 e. The number of nitrogens with one attached hydrogen (secondary N) is 2. The third kappa shape index (κ3) is 69.6. The Balaban J connectivity index is -0.0000000922. The number of nitrogens with two attached hydrogens (primary N) is 4. The van der Waals surface area contributed by atoms with Gasteiger partial charge in [-0.2, -0.15) is 0 Å². The Morgan fingerprint density at radius 2 is 1.22 bits per heavy atom. The number of halogens is 1. The molecule has 11 heteroatoms. The number of hydrogen-bond acceptors (Lipinski definition) is 4. The van der Waals surface area contributed by atoms with Gasteiger partial charge in [0.05, 0.1) is 6.42 Å². The summed E-state index contributed by atoms with van der Waals surface area (Å²) in [6.07, 6.45) is -0.505. The van der Waals surface area contributed by atoms with Crippen molar-refractivity contribution < 1.29 is 19.8 Å². The molecule has 0 spiro atoms. The van der Waals surface area contributed by atoms with Gasteiger partial charge in [0.1, 0.15) is 0 Å². The molecule has 0 rings (SSSR count). The second-order valence-corrected chi connectivity index (χ2v) is 2.39. The van der Waals surface area contributed by atoms with Gasteiger partial charge in [0.15, 0.2) is 11.9 Å². The van der Waals surface area contributed by atoms with Gasteiger partial charge in [-0.15, -0.1) is 12.4 Å². The number of carbonyl (C=O) groups is 2. The Bertz CT molecular complexity index is 299. The van der Waals surface area contributed by atoms with E-state index in [1.807, 2.05) is 0 Å². The van der Waals surface area contributed by atoms with Crippen molar-refractivity contribution in [1.29, 1.82) is 10.8 Å². The first-order valence-corrected chi connectivity index (χ1v) is 3.82. The van der Waals surface area contributed by atoms with Crippen molar-refractivity contribution in [3.63, 3.8) is 0 Å². The SMILES string of the molecule is C=C(CC(=O)O)C(=O)O.Cl.N=C(N)N.N=C(N)N. The van der Waals surface area contributed by atoms with Crippen LogP contribution < -0.4 is 22.9 Å². The van der Waals surface area contributed by atoms with Crippen molar-refractivity contribution in [1.82, 2.24) is 0 Å². The highest BCUT2D eigenvalue weighted by Gasteiger charge is 2.07. The smallest absolute Gasteiger partial charge is 0.331 e. The molecule has 0 aliphatic rings. The van der Waals surface area contributed by atoms with E-state index in [2.05, 4.69) is 29.5 Å². The minimum Gasteiger partial charge on any atom is -0.481 e. The fraction of sp³-hybridized carbons (Fsp3) is 0.143. The minimum absolute atomic E-state index is 0. The van der Waals surface area contributed by atoms with Crippen LogP contribution in [-0.4, -0.2) is 34.1 Å². The molecule has 0 fully saturated rings. The second kappa shape index (κ2) is 14.5. The fourth-order valence-corrected chi connectivity index (χ4v) is 0.258. The fourth-order valence-electron chi connectivity index (χ4n) is 0.258. The first kappa shape index (κ1) is 24.6. The molecular formula is C7H17ClN6O4. The van der Waals surface area contributed by atoms with Crippen molar-refractivity contribution in [3.8, 4) is 0 Å². The summed E-state index contributed by atoms with van der Waals surface area (Å²) in [6, 6.07) is 0. The molecule has 0 aliphatic carbocycles. The lowest BCUT2D eigenvalue weighted by Crippen LogP contribution is -2.20. The third-order valence-electron chi connectivity index (χ3n) is 0.667. The Kier molecular flexibility index (Phi) is 19.9. The summed E-state index contributed by atoms with van der Waals surface area (Å²) in [6.45, 7) is 3.01. The monoisotopic (exact) mass is 284 g/mol. The van der Waals surface area contributed by atoms with Gasteiger partial charge >= 0.3 is 11.9 Å². The molecule has 0 aromatic heterocycles. The highest BCUT2D eigenvalue weighted by Crippen LogP contribution is 1.95. The first-order chi connectivity index (χ1) is 7.50. The Hall–Kier alpha value is -2.49. The van der Waals surface area contributed by atoms with E-state index in [9.17, 15) is 9.59 Å². The van der Waals surface area contributed by atoms with Gasteiger partial charge in [-0.3, -0.25) is 15.6 Å². The second-order valence-electron chi connectivity index (χ2n) is 2.39. The molecule has 0 aromatic rings. The number of carboxylic acids is 2. The Morgan fingerprint density at radius 1 is 1.00 bits per heavy atom. The highest BCUT2D eigenvalue weighted by atomic mass is 35.5. The van der Waals surface area contributed by atoms with E-state index in [-0.39, 0.29) is 29.9 Å². The van der Waals surface area contributed by atoms with Gasteiger partial charge in [0.2, 0.25) is 0 Å². The maximum Gasteiger partial charge on any atom is 0.331 e. The molecule has 0 aromatic carbocycles. The van der Waals surface area contributed by atoms with Crippen LogP contribution in [0.1, 0.15) is 6.42 Å². The van der Waals surface area contributed by atoms with Crippen LogP contribution in [0.25, 0.3) is 0 Å². The van der Waals surface area contributed by atoms with Gasteiger partial charge in [-0.25, -0.2) is 4.79 Å². The van der Waals surface area contributed by atoms with Crippen molar-refractivity contribution in [2.45, 2.75) is 6.42 Å². The van der Waals surface area contributed by atoms with E-state index in [1.165, 1.54) is 0 Å². The standard InChI is InChI=1S/C5H6O4.2CH5N3.ClH/c1-3(5(8)9)2-4(6)7;2*2-1(3)4;/h1-2H2,(H,6,7)(H,8,9);2*(H5,2,3,4);1H. The third-order valence-corrected chi connectivity index (χ3v) is 0.667. The van der Waals surface area contributed by atoms with Crippen LogP contribution in [0.5, 0.6) is 0 Å². The van der Waals surface area contributed by atoms with E-state index >= 15 is 0 Å². The van der Waals surface area contributed by atoms with Crippen molar-refractivity contribution in [2.24, 2.45) is 22.9 Å². The van der Waals surface area contributed by atoms with Gasteiger partial charge in [-0.1, -0.05) is 6.58 Å². The molecule has 0 atom stereocenters. The minimum atomic E-state index is -1.27. The molecular weight excluding hydrogens is 268 g/mol. The summed E-state index contributed by atoms with van der Waals surface area (Å²) in [4.78, 5) is 19.7. The summed E-state index contributed by atoms with van der Waals surface area (Å²) in [7, 11) is 0. The van der Waals surface area contributed by atoms with Gasteiger partial charge < -0.3 is 33.1 Å². The van der Waals surface area contributed by atoms with E-state index in [4.69, 9.17) is 21.0 Å². The molecule has 0 heterocycles. The molecule has 0 radical (unpaired) electrons. The summed E-state index contributed by atoms with van der Waals surface area (Å²) >= 11 is 0. The van der Waals surface area contributed by atoms with Crippen LogP contribution >= 0.6 is 12.4 Å². The van der Waals surface area contributed by atoms with Crippen LogP contribution in [0.3, 0.4) is 0 Å². The van der Waals surface area contributed by atoms with E-state index in [0.29, 0.717) is 0 Å². The van der Waals surface area contributed by atoms with Crippen LogP contribution in [-0.2, 0) is 9.59 Å². The molecule has 12 N–H and O–H groups in total. The lowest BCUT2D eigenvalue weighted by molar-refractivity contribution is -0.139. The molecule has 0 amide bonds. The van der Waals surface area contributed by atoms with E-state index < -0.39 is 18.4 Å². The Labute approximate surface area is 109 Å². The number of carboxylic acid groups (broad SMARTS) is 2. The van der Waals surface area contributed by atoms with Gasteiger partial charge in [-0.05, 0) is 0 Å². The molecule has 0 saturated carbocycles. The van der Waals surface area contributed by atoms with Crippen molar-refractivity contribution in [2.75, 3.05) is 0 Å². The predicted molar refractivity (Wildman–Crippen MR) is 68.5 cm³/mol. The van der Waals surface area contributed by atoms with Gasteiger partial charge in [0.25, 0.3) is 0 Å².